The van der Waals surface area contributed by atoms with Gasteiger partial charge in [0.2, 0.25) is 0 Å². The summed E-state index contributed by atoms with van der Waals surface area (Å²) in [6.45, 7) is 2.16. The second-order valence-electron chi connectivity index (χ2n) is 5.14. The van der Waals surface area contributed by atoms with Gasteiger partial charge in [0, 0.05) is 11.6 Å². The van der Waals surface area contributed by atoms with Gasteiger partial charge in [0.05, 0.1) is 0 Å². The van der Waals surface area contributed by atoms with Crippen LogP contribution in [0.3, 0.4) is 0 Å². The monoisotopic (exact) mass is 277 g/mol. The van der Waals surface area contributed by atoms with Crippen LogP contribution in [0, 0.1) is 5.92 Å². The summed E-state index contributed by atoms with van der Waals surface area (Å²) in [4.78, 5) is 11.6. The lowest BCUT2D eigenvalue weighted by molar-refractivity contribution is -0.124. The van der Waals surface area contributed by atoms with Crippen LogP contribution in [-0.2, 0) is 4.79 Å². The molecule has 1 fully saturated rings. The van der Waals surface area contributed by atoms with Gasteiger partial charge < -0.3 is 21.0 Å². The van der Waals surface area contributed by atoms with Crippen molar-refractivity contribution in [1.29, 1.82) is 0 Å². The molecular weight excluding hydrogens is 258 g/mol. The van der Waals surface area contributed by atoms with Crippen molar-refractivity contribution in [3.63, 3.8) is 0 Å². The molecule has 6 nitrogen and oxygen atoms in total. The van der Waals surface area contributed by atoms with Gasteiger partial charge >= 0.3 is 0 Å². The maximum Gasteiger partial charge on any atom is 0.258 e. The lowest BCUT2D eigenvalue weighted by Crippen LogP contribution is -2.45. The van der Waals surface area contributed by atoms with E-state index in [9.17, 15) is 4.79 Å². The van der Waals surface area contributed by atoms with Gasteiger partial charge in [-0.25, -0.2) is 0 Å². The SMILES string of the molecule is CC1CC(NC(=O)COc2ccc(/C(N)=N/O)cc2)C1. The first-order valence-corrected chi connectivity index (χ1v) is 6.58. The lowest BCUT2D eigenvalue weighted by Gasteiger charge is -2.33. The number of benzene rings is 1. The quantitative estimate of drug-likeness (QED) is 0.324. The third-order valence-electron chi connectivity index (χ3n) is 3.37. The van der Waals surface area contributed by atoms with Crippen molar-refractivity contribution in [3.8, 4) is 5.75 Å². The van der Waals surface area contributed by atoms with Crippen LogP contribution in [-0.4, -0.2) is 29.6 Å². The van der Waals surface area contributed by atoms with Crippen LogP contribution in [0.4, 0.5) is 0 Å². The number of nitrogens with two attached hydrogens (primary N) is 1. The summed E-state index contributed by atoms with van der Waals surface area (Å²) in [6.07, 6.45) is 2.08. The zero-order chi connectivity index (χ0) is 14.5. The molecule has 1 aliphatic carbocycles. The zero-order valence-corrected chi connectivity index (χ0v) is 11.4. The van der Waals surface area contributed by atoms with Gasteiger partial charge in [-0.15, -0.1) is 0 Å². The Labute approximate surface area is 117 Å². The summed E-state index contributed by atoms with van der Waals surface area (Å²) >= 11 is 0. The largest absolute Gasteiger partial charge is 0.484 e. The second kappa shape index (κ2) is 6.27. The number of rotatable bonds is 5. The van der Waals surface area contributed by atoms with E-state index in [-0.39, 0.29) is 18.3 Å². The first kappa shape index (κ1) is 14.2. The summed E-state index contributed by atoms with van der Waals surface area (Å²) in [7, 11) is 0. The first-order valence-electron chi connectivity index (χ1n) is 6.58. The molecule has 0 spiro atoms. The molecule has 1 aromatic rings. The molecule has 2 rings (SSSR count). The molecule has 0 saturated heterocycles. The van der Waals surface area contributed by atoms with E-state index in [1.807, 2.05) is 0 Å². The fourth-order valence-corrected chi connectivity index (χ4v) is 2.22. The van der Waals surface area contributed by atoms with Gasteiger partial charge in [0.1, 0.15) is 5.75 Å². The molecule has 6 heteroatoms. The van der Waals surface area contributed by atoms with Crippen LogP contribution in [0.15, 0.2) is 29.4 Å². The first-order chi connectivity index (χ1) is 9.58. The summed E-state index contributed by atoms with van der Waals surface area (Å²) in [6, 6.07) is 6.97. The molecule has 0 heterocycles. The molecule has 0 radical (unpaired) electrons. The Morgan fingerprint density at radius 3 is 2.65 bits per heavy atom. The van der Waals surface area contributed by atoms with Gasteiger partial charge in [0.25, 0.3) is 5.91 Å². The van der Waals surface area contributed by atoms with Crippen LogP contribution >= 0.6 is 0 Å². The molecule has 1 aliphatic rings. The second-order valence-corrected chi connectivity index (χ2v) is 5.14. The Kier molecular flexibility index (Phi) is 4.45. The van der Waals surface area contributed by atoms with E-state index in [1.165, 1.54) is 0 Å². The molecule has 1 saturated carbocycles. The summed E-state index contributed by atoms with van der Waals surface area (Å²) in [5, 5.41) is 14.4. The maximum atomic E-state index is 11.6. The minimum atomic E-state index is -0.109. The predicted octanol–water partition coefficient (Wildman–Crippen LogP) is 1.07. The standard InChI is InChI=1S/C14H19N3O3/c1-9-6-11(7-9)16-13(18)8-20-12-4-2-10(3-5-12)14(15)17-19/h2-5,9,11,19H,6-8H2,1H3,(H2,15,17)(H,16,18). The summed E-state index contributed by atoms with van der Waals surface area (Å²) in [5.74, 6) is 1.19. The number of hydrogen-bond acceptors (Lipinski definition) is 4. The Bertz CT molecular complexity index is 493. The molecule has 0 aliphatic heterocycles. The van der Waals surface area contributed by atoms with E-state index in [2.05, 4.69) is 17.4 Å². The van der Waals surface area contributed by atoms with Gasteiger partial charge in [0.15, 0.2) is 12.4 Å². The molecule has 0 aromatic heterocycles. The Balaban J connectivity index is 1.77. The van der Waals surface area contributed by atoms with E-state index in [1.54, 1.807) is 24.3 Å². The van der Waals surface area contributed by atoms with Gasteiger partial charge in [-0.2, -0.15) is 0 Å². The fourth-order valence-electron chi connectivity index (χ4n) is 2.22. The maximum absolute atomic E-state index is 11.6. The van der Waals surface area contributed by atoms with Crippen LogP contribution in [0.1, 0.15) is 25.3 Å². The normalized spacial score (nSPS) is 21.9. The van der Waals surface area contributed by atoms with Gasteiger partial charge in [-0.05, 0) is 43.0 Å². The number of oxime groups is 1. The van der Waals surface area contributed by atoms with Crippen molar-refractivity contribution in [2.75, 3.05) is 6.61 Å². The van der Waals surface area contributed by atoms with Gasteiger partial charge in [-0.3, -0.25) is 4.79 Å². The Morgan fingerprint density at radius 1 is 1.45 bits per heavy atom. The highest BCUT2D eigenvalue weighted by atomic mass is 16.5. The number of nitrogens with zero attached hydrogens (tertiary/aromatic N) is 1. The molecule has 108 valence electrons. The van der Waals surface area contributed by atoms with Crippen molar-refractivity contribution in [2.24, 2.45) is 16.8 Å². The topological polar surface area (TPSA) is 96.9 Å². The van der Waals surface area contributed by atoms with E-state index in [0.29, 0.717) is 23.3 Å². The Morgan fingerprint density at radius 2 is 2.10 bits per heavy atom. The molecule has 20 heavy (non-hydrogen) atoms. The highest BCUT2D eigenvalue weighted by molar-refractivity contribution is 5.97. The number of hydrogen-bond donors (Lipinski definition) is 3. The minimum absolute atomic E-state index is 0.00615. The third-order valence-corrected chi connectivity index (χ3v) is 3.37. The van der Waals surface area contributed by atoms with Crippen LogP contribution in [0.25, 0.3) is 0 Å². The average Bonchev–Trinajstić information content (AvgIpc) is 2.43. The third kappa shape index (κ3) is 3.63. The molecule has 0 unspecified atom stereocenters. The number of carbonyl (C=O) groups excluding carboxylic acids is 1. The lowest BCUT2D eigenvalue weighted by atomic mass is 9.82. The van der Waals surface area contributed by atoms with E-state index in [0.717, 1.165) is 12.8 Å². The van der Waals surface area contributed by atoms with Gasteiger partial charge in [-0.1, -0.05) is 12.1 Å². The molecule has 4 N–H and O–H groups in total. The van der Waals surface area contributed by atoms with Crippen molar-refractivity contribution < 1.29 is 14.7 Å². The number of amides is 1. The van der Waals surface area contributed by atoms with Crippen molar-refractivity contribution in [1.82, 2.24) is 5.32 Å². The van der Waals surface area contributed by atoms with E-state index < -0.39 is 0 Å². The smallest absolute Gasteiger partial charge is 0.258 e. The highest BCUT2D eigenvalue weighted by Crippen LogP contribution is 2.26. The number of carbonyl (C=O) groups is 1. The minimum Gasteiger partial charge on any atom is -0.484 e. The highest BCUT2D eigenvalue weighted by Gasteiger charge is 2.26. The summed E-state index contributed by atoms with van der Waals surface area (Å²) in [5.41, 5.74) is 6.04. The molecule has 1 amide bonds. The van der Waals surface area contributed by atoms with Crippen molar-refractivity contribution in [3.05, 3.63) is 29.8 Å². The summed E-state index contributed by atoms with van der Waals surface area (Å²) < 4.78 is 5.38. The average molecular weight is 277 g/mol. The molecule has 0 bridgehead atoms. The number of ether oxygens (including phenoxy) is 1. The predicted molar refractivity (Wildman–Crippen MR) is 74.8 cm³/mol. The Hall–Kier alpha value is -2.24. The van der Waals surface area contributed by atoms with E-state index in [4.69, 9.17) is 15.7 Å². The zero-order valence-electron chi connectivity index (χ0n) is 11.4. The van der Waals surface area contributed by atoms with Crippen LogP contribution in [0.5, 0.6) is 5.75 Å². The van der Waals surface area contributed by atoms with Crippen molar-refractivity contribution in [2.45, 2.75) is 25.8 Å². The van der Waals surface area contributed by atoms with E-state index >= 15 is 0 Å². The molecule has 1 aromatic carbocycles. The van der Waals surface area contributed by atoms with Crippen LogP contribution < -0.4 is 15.8 Å². The van der Waals surface area contributed by atoms with Crippen LogP contribution in [0.2, 0.25) is 0 Å². The van der Waals surface area contributed by atoms with Crippen molar-refractivity contribution >= 4 is 11.7 Å². The molecular formula is C14H19N3O3. The number of nitrogens with one attached hydrogen (secondary N) is 1. The number of amidine groups is 1. The fraction of sp³-hybridized carbons (Fsp3) is 0.429. The molecule has 0 atom stereocenters.